The highest BCUT2D eigenvalue weighted by Crippen LogP contribution is 2.27. The first-order valence-electron chi connectivity index (χ1n) is 4.69. The monoisotopic (exact) mass is 207 g/mol. The zero-order valence-corrected chi connectivity index (χ0v) is 8.70. The molecular weight excluding hydrogens is 194 g/mol. The molecule has 1 aromatic rings. The minimum absolute atomic E-state index is 0.174. The highest BCUT2D eigenvalue weighted by molar-refractivity contribution is 6.00. The number of anilines is 1. The molecule has 0 heterocycles. The van der Waals surface area contributed by atoms with Crippen LogP contribution in [0.3, 0.4) is 0 Å². The average Bonchev–Trinajstić information content (AvgIpc) is 2.20. The van der Waals surface area contributed by atoms with Crippen LogP contribution >= 0.6 is 0 Å². The van der Waals surface area contributed by atoms with E-state index in [-0.39, 0.29) is 28.7 Å². The Morgan fingerprint density at radius 1 is 1.40 bits per heavy atom. The van der Waals surface area contributed by atoms with E-state index in [1.165, 1.54) is 13.0 Å². The Bertz CT molecular complexity index is 399. The van der Waals surface area contributed by atoms with Crippen molar-refractivity contribution in [3.8, 4) is 5.75 Å². The maximum atomic E-state index is 11.1. The van der Waals surface area contributed by atoms with E-state index in [4.69, 9.17) is 0 Å². The number of aromatic hydroxyl groups is 1. The Morgan fingerprint density at radius 2 is 2.07 bits per heavy atom. The normalized spacial score (nSPS) is 9.73. The van der Waals surface area contributed by atoms with Gasteiger partial charge in [-0.3, -0.25) is 9.59 Å². The van der Waals surface area contributed by atoms with Crippen molar-refractivity contribution < 1.29 is 14.7 Å². The van der Waals surface area contributed by atoms with E-state index in [0.717, 1.165) is 0 Å². The van der Waals surface area contributed by atoms with Crippen molar-refractivity contribution in [3.63, 3.8) is 0 Å². The first-order chi connectivity index (χ1) is 7.06. The molecule has 0 bridgehead atoms. The first kappa shape index (κ1) is 11.2. The van der Waals surface area contributed by atoms with Crippen molar-refractivity contribution in [2.45, 2.75) is 20.3 Å². The summed E-state index contributed by atoms with van der Waals surface area (Å²) in [4.78, 5) is 22.2. The van der Waals surface area contributed by atoms with Gasteiger partial charge in [0.25, 0.3) is 0 Å². The molecular formula is C11H13NO3. The minimum Gasteiger partial charge on any atom is -0.505 e. The molecule has 1 aromatic carbocycles. The van der Waals surface area contributed by atoms with Gasteiger partial charge in [0.1, 0.15) is 5.75 Å². The average molecular weight is 207 g/mol. The van der Waals surface area contributed by atoms with Gasteiger partial charge < -0.3 is 10.4 Å². The van der Waals surface area contributed by atoms with Gasteiger partial charge in [-0.2, -0.15) is 0 Å². The summed E-state index contributed by atoms with van der Waals surface area (Å²) in [7, 11) is 0. The highest BCUT2D eigenvalue weighted by atomic mass is 16.3. The molecule has 0 fully saturated rings. The maximum absolute atomic E-state index is 11.1. The molecule has 0 unspecified atom stereocenters. The number of hydrogen-bond donors (Lipinski definition) is 2. The smallest absolute Gasteiger partial charge is 0.224 e. The summed E-state index contributed by atoms with van der Waals surface area (Å²) in [5.41, 5.74) is 0.485. The zero-order chi connectivity index (χ0) is 11.4. The molecule has 0 atom stereocenters. The molecule has 0 saturated carbocycles. The van der Waals surface area contributed by atoms with Gasteiger partial charge >= 0.3 is 0 Å². The van der Waals surface area contributed by atoms with Crippen LogP contribution in [0.25, 0.3) is 0 Å². The van der Waals surface area contributed by atoms with E-state index in [1.807, 2.05) is 0 Å². The lowest BCUT2D eigenvalue weighted by atomic mass is 10.1. The Kier molecular flexibility index (Phi) is 3.44. The van der Waals surface area contributed by atoms with E-state index in [2.05, 4.69) is 5.32 Å². The van der Waals surface area contributed by atoms with E-state index in [0.29, 0.717) is 6.42 Å². The molecule has 0 aliphatic carbocycles. The lowest BCUT2D eigenvalue weighted by molar-refractivity contribution is -0.115. The number of phenolic OH excluding ortho intramolecular Hbond substituents is 1. The van der Waals surface area contributed by atoms with Gasteiger partial charge in [0.15, 0.2) is 5.78 Å². The summed E-state index contributed by atoms with van der Waals surface area (Å²) < 4.78 is 0. The van der Waals surface area contributed by atoms with Crippen LogP contribution in [0.1, 0.15) is 30.6 Å². The van der Waals surface area contributed by atoms with Crippen LogP contribution in [0.4, 0.5) is 5.69 Å². The Labute approximate surface area is 87.9 Å². The summed E-state index contributed by atoms with van der Waals surface area (Å²) in [5, 5.41) is 12.2. The second kappa shape index (κ2) is 4.59. The second-order valence-electron chi connectivity index (χ2n) is 3.16. The number of phenols is 1. The summed E-state index contributed by atoms with van der Waals surface area (Å²) in [6.45, 7) is 3.07. The van der Waals surface area contributed by atoms with Crippen LogP contribution in [0.2, 0.25) is 0 Å². The predicted octanol–water partition coefficient (Wildman–Crippen LogP) is 1.94. The van der Waals surface area contributed by atoms with Crippen molar-refractivity contribution in [3.05, 3.63) is 23.8 Å². The number of rotatable bonds is 3. The number of Topliss-reactive ketones (excluding diaryl/α,β-unsaturated/α-hetero) is 1. The van der Waals surface area contributed by atoms with Crippen LogP contribution in [-0.2, 0) is 4.79 Å². The van der Waals surface area contributed by atoms with Crippen molar-refractivity contribution in [1.29, 1.82) is 0 Å². The first-order valence-corrected chi connectivity index (χ1v) is 4.69. The number of carbonyl (C=O) groups is 2. The van der Waals surface area contributed by atoms with Gasteiger partial charge in [-0.25, -0.2) is 0 Å². The molecule has 0 aromatic heterocycles. The Balaban J connectivity index is 3.04. The van der Waals surface area contributed by atoms with Gasteiger partial charge in [-0.05, 0) is 19.1 Å². The molecule has 0 spiro atoms. The Hall–Kier alpha value is -1.84. The number of benzene rings is 1. The summed E-state index contributed by atoms with van der Waals surface area (Å²) in [6.07, 6.45) is 0.323. The van der Waals surface area contributed by atoms with E-state index >= 15 is 0 Å². The molecule has 1 rings (SSSR count). The highest BCUT2D eigenvalue weighted by Gasteiger charge is 2.11. The van der Waals surface area contributed by atoms with Crippen molar-refractivity contribution in [2.24, 2.45) is 0 Å². The third kappa shape index (κ3) is 2.56. The predicted molar refractivity (Wildman–Crippen MR) is 57.0 cm³/mol. The van der Waals surface area contributed by atoms with Gasteiger partial charge in [0, 0.05) is 6.42 Å². The topological polar surface area (TPSA) is 66.4 Å². The largest absolute Gasteiger partial charge is 0.505 e. The van der Waals surface area contributed by atoms with Crippen LogP contribution in [-0.4, -0.2) is 16.8 Å². The number of hydrogen-bond acceptors (Lipinski definition) is 3. The fourth-order valence-electron chi connectivity index (χ4n) is 1.17. The molecule has 80 valence electrons. The number of amides is 1. The lowest BCUT2D eigenvalue weighted by Crippen LogP contribution is -2.10. The third-order valence-electron chi connectivity index (χ3n) is 2.01. The summed E-state index contributed by atoms with van der Waals surface area (Å²) in [6, 6.07) is 4.68. The van der Waals surface area contributed by atoms with Crippen molar-refractivity contribution in [1.82, 2.24) is 0 Å². The Morgan fingerprint density at radius 3 is 2.60 bits per heavy atom. The van der Waals surface area contributed by atoms with E-state index < -0.39 is 0 Å². The fraction of sp³-hybridized carbons (Fsp3) is 0.273. The van der Waals surface area contributed by atoms with Crippen LogP contribution in [0, 0.1) is 0 Å². The van der Waals surface area contributed by atoms with Gasteiger partial charge in [0.05, 0.1) is 11.3 Å². The quantitative estimate of drug-likeness (QED) is 0.588. The SMILES string of the molecule is CCC(=O)Nc1cccc(C(C)=O)c1O. The van der Waals surface area contributed by atoms with Gasteiger partial charge in [-0.15, -0.1) is 0 Å². The van der Waals surface area contributed by atoms with Crippen LogP contribution in [0.15, 0.2) is 18.2 Å². The minimum atomic E-state index is -0.236. The van der Waals surface area contributed by atoms with Crippen LogP contribution in [0.5, 0.6) is 5.75 Å². The molecule has 0 aliphatic heterocycles. The number of ketones is 1. The van der Waals surface area contributed by atoms with Gasteiger partial charge in [0.2, 0.25) is 5.91 Å². The van der Waals surface area contributed by atoms with E-state index in [9.17, 15) is 14.7 Å². The van der Waals surface area contributed by atoms with E-state index in [1.54, 1.807) is 19.1 Å². The molecule has 2 N–H and O–H groups in total. The fourth-order valence-corrected chi connectivity index (χ4v) is 1.17. The molecule has 1 amide bonds. The molecule has 15 heavy (non-hydrogen) atoms. The van der Waals surface area contributed by atoms with Gasteiger partial charge in [-0.1, -0.05) is 13.0 Å². The standard InChI is InChI=1S/C11H13NO3/c1-3-10(14)12-9-6-4-5-8(7(2)13)11(9)15/h4-6,15H,3H2,1-2H3,(H,12,14). The molecule has 0 aliphatic rings. The molecule has 0 saturated heterocycles. The lowest BCUT2D eigenvalue weighted by Gasteiger charge is -2.08. The summed E-state index contributed by atoms with van der Waals surface area (Å²) in [5.74, 6) is -0.613. The molecule has 4 heteroatoms. The van der Waals surface area contributed by atoms with Crippen molar-refractivity contribution in [2.75, 3.05) is 5.32 Å². The third-order valence-corrected chi connectivity index (χ3v) is 2.01. The number of para-hydroxylation sites is 1. The summed E-state index contributed by atoms with van der Waals surface area (Å²) >= 11 is 0. The van der Waals surface area contributed by atoms with Crippen LogP contribution < -0.4 is 5.32 Å². The number of carbonyl (C=O) groups excluding carboxylic acids is 2. The van der Waals surface area contributed by atoms with Crippen molar-refractivity contribution >= 4 is 17.4 Å². The maximum Gasteiger partial charge on any atom is 0.224 e. The molecule has 0 radical (unpaired) electrons. The second-order valence-corrected chi connectivity index (χ2v) is 3.16. The zero-order valence-electron chi connectivity index (χ0n) is 8.70. The molecule has 4 nitrogen and oxygen atoms in total. The number of nitrogens with one attached hydrogen (secondary N) is 1.